The van der Waals surface area contributed by atoms with Gasteiger partial charge in [0, 0.05) is 39.0 Å². The van der Waals surface area contributed by atoms with Gasteiger partial charge in [-0.25, -0.2) is 0 Å². The third-order valence-electron chi connectivity index (χ3n) is 15.5. The summed E-state index contributed by atoms with van der Waals surface area (Å²) in [7, 11) is 0. The zero-order valence-corrected chi connectivity index (χ0v) is 45.4. The van der Waals surface area contributed by atoms with E-state index >= 15 is 0 Å². The van der Waals surface area contributed by atoms with Crippen molar-refractivity contribution in [1.82, 2.24) is 0 Å². The molecule has 2 bridgehead atoms. The maximum Gasteiger partial charge on any atom is 0.0558 e. The number of anilines is 8. The molecule has 360 valence electrons. The summed E-state index contributed by atoms with van der Waals surface area (Å²) in [6.45, 7) is 27.6. The summed E-state index contributed by atoms with van der Waals surface area (Å²) in [5.41, 5.74) is 16.1. The lowest BCUT2D eigenvalue weighted by molar-refractivity contribution is 0.443. The fourth-order valence-electron chi connectivity index (χ4n) is 11.3. The molecule has 9 rings (SSSR count). The van der Waals surface area contributed by atoms with E-state index in [9.17, 15) is 0 Å². The molecule has 69 heavy (non-hydrogen) atoms. The molecular formula is C65H78BrN3. The molecule has 0 aliphatic heterocycles. The number of halogens is 1. The van der Waals surface area contributed by atoms with E-state index in [1.807, 2.05) is 0 Å². The van der Waals surface area contributed by atoms with Crippen LogP contribution in [0.5, 0.6) is 0 Å². The minimum absolute atomic E-state index is 0.0336. The van der Waals surface area contributed by atoms with Crippen LogP contribution in [0.3, 0.4) is 0 Å². The molecule has 4 heteroatoms. The fourth-order valence-corrected chi connectivity index (χ4v) is 11.9. The van der Waals surface area contributed by atoms with Crippen LogP contribution in [0.25, 0.3) is 0 Å². The molecule has 3 atom stereocenters. The largest absolute Gasteiger partial charge is 0.337 e. The Bertz CT molecular complexity index is 2500. The lowest BCUT2D eigenvalue weighted by Crippen LogP contribution is -2.35. The van der Waals surface area contributed by atoms with Crippen molar-refractivity contribution in [2.45, 2.75) is 162 Å². The van der Waals surface area contributed by atoms with Crippen molar-refractivity contribution in [3.8, 4) is 0 Å². The molecule has 3 aliphatic carbocycles. The summed E-state index contributed by atoms with van der Waals surface area (Å²) < 4.78 is 1.18. The van der Waals surface area contributed by atoms with Crippen molar-refractivity contribution in [3.05, 3.63) is 178 Å². The van der Waals surface area contributed by atoms with Crippen LogP contribution in [0.15, 0.2) is 150 Å². The van der Waals surface area contributed by atoms with E-state index in [1.54, 1.807) is 0 Å². The number of fused-ring (bicyclic) bond motifs is 2. The number of nitrogens with zero attached hydrogens (tertiary/aromatic N) is 3. The first-order valence-electron chi connectivity index (χ1n) is 26.1. The molecule has 3 aliphatic rings. The van der Waals surface area contributed by atoms with Crippen LogP contribution in [0.1, 0.15) is 162 Å². The summed E-state index contributed by atoms with van der Waals surface area (Å²) in [4.78, 5) is 7.72. The number of hydrogen-bond donors (Lipinski definition) is 0. The zero-order chi connectivity index (χ0) is 49.0. The number of allylic oxidation sites excluding steroid dienone is 1. The summed E-state index contributed by atoms with van der Waals surface area (Å²) in [6.07, 6.45) is 13.9. The van der Waals surface area contributed by atoms with Crippen molar-refractivity contribution < 1.29 is 0 Å². The Morgan fingerprint density at radius 3 is 1.13 bits per heavy atom. The number of rotatable bonds is 10. The first-order valence-corrected chi connectivity index (χ1v) is 26.9. The van der Waals surface area contributed by atoms with Gasteiger partial charge in [-0.1, -0.05) is 169 Å². The summed E-state index contributed by atoms with van der Waals surface area (Å²) >= 11 is 4.26. The summed E-state index contributed by atoms with van der Waals surface area (Å²) in [5.74, 6) is 1.71. The molecule has 3 nitrogen and oxygen atoms in total. The second-order valence-corrected chi connectivity index (χ2v) is 25.7. The molecule has 6 aromatic rings. The first-order chi connectivity index (χ1) is 32.6. The Hall–Kier alpha value is -5.06. The van der Waals surface area contributed by atoms with Crippen molar-refractivity contribution in [2.75, 3.05) is 14.7 Å². The normalized spacial score (nSPS) is 18.7. The van der Waals surface area contributed by atoms with Gasteiger partial charge in [-0.2, -0.15) is 0 Å². The van der Waals surface area contributed by atoms with Crippen molar-refractivity contribution in [1.29, 1.82) is 0 Å². The van der Waals surface area contributed by atoms with E-state index in [1.165, 1.54) is 82.2 Å². The van der Waals surface area contributed by atoms with Gasteiger partial charge < -0.3 is 14.7 Å². The van der Waals surface area contributed by atoms with Crippen LogP contribution < -0.4 is 14.7 Å². The SMILES string of the molecule is CC(C)(C)c1ccc(N(c2ccc(C(C)(C)C)cc2)c2cc(N(c3ccc(C(C)(C)C)cc3)c3ccc(C(C)(C)C)cc3)cc(N(c3ccc(C4CCCCC4)cc3Br)C3CC4C=CC3C4)c2)cc1. The van der Waals surface area contributed by atoms with E-state index in [0.29, 0.717) is 23.8 Å². The van der Waals surface area contributed by atoms with Crippen molar-refractivity contribution in [3.63, 3.8) is 0 Å². The molecule has 0 saturated heterocycles. The van der Waals surface area contributed by atoms with E-state index in [2.05, 4.69) is 259 Å². The molecule has 2 saturated carbocycles. The second kappa shape index (κ2) is 18.9. The average molecular weight is 981 g/mol. The average Bonchev–Trinajstić information content (AvgIpc) is 3.94. The Kier molecular flexibility index (Phi) is 13.4. The highest BCUT2D eigenvalue weighted by atomic mass is 79.9. The predicted molar refractivity (Wildman–Crippen MR) is 302 cm³/mol. The van der Waals surface area contributed by atoms with E-state index < -0.39 is 0 Å². The predicted octanol–water partition coefficient (Wildman–Crippen LogP) is 19.7. The maximum absolute atomic E-state index is 4.26. The van der Waals surface area contributed by atoms with E-state index in [-0.39, 0.29) is 21.7 Å². The Morgan fingerprint density at radius 2 is 0.797 bits per heavy atom. The topological polar surface area (TPSA) is 9.72 Å². The zero-order valence-electron chi connectivity index (χ0n) is 43.8. The molecule has 0 N–H and O–H groups in total. The van der Waals surface area contributed by atoms with Gasteiger partial charge in [0.05, 0.1) is 17.1 Å². The van der Waals surface area contributed by atoms with Gasteiger partial charge >= 0.3 is 0 Å². The summed E-state index contributed by atoms with van der Waals surface area (Å²) in [5, 5.41) is 0. The first kappa shape index (κ1) is 48.9. The number of benzene rings is 6. The molecule has 0 amide bonds. The lowest BCUT2D eigenvalue weighted by Gasteiger charge is -2.38. The van der Waals surface area contributed by atoms with Crippen LogP contribution in [0.2, 0.25) is 0 Å². The third kappa shape index (κ3) is 10.5. The Labute approximate surface area is 425 Å². The van der Waals surface area contributed by atoms with Gasteiger partial charge in [0.2, 0.25) is 0 Å². The van der Waals surface area contributed by atoms with Crippen molar-refractivity contribution >= 4 is 61.4 Å². The molecule has 2 fully saturated rings. The highest BCUT2D eigenvalue weighted by Gasteiger charge is 2.41. The molecule has 6 aromatic carbocycles. The molecule has 0 spiro atoms. The third-order valence-corrected chi connectivity index (χ3v) is 16.2. The van der Waals surface area contributed by atoms with Crippen LogP contribution in [0, 0.1) is 11.8 Å². The Balaban J connectivity index is 1.31. The van der Waals surface area contributed by atoms with Gasteiger partial charge in [0.25, 0.3) is 0 Å². The molecular weight excluding hydrogens is 903 g/mol. The van der Waals surface area contributed by atoms with Gasteiger partial charge in [0.15, 0.2) is 0 Å². The molecule has 0 aromatic heterocycles. The highest BCUT2D eigenvalue weighted by Crippen LogP contribution is 2.51. The second-order valence-electron chi connectivity index (χ2n) is 24.8. The highest BCUT2D eigenvalue weighted by molar-refractivity contribution is 9.10. The Morgan fingerprint density at radius 1 is 0.406 bits per heavy atom. The monoisotopic (exact) mass is 980 g/mol. The van der Waals surface area contributed by atoms with Gasteiger partial charge in [-0.3, -0.25) is 0 Å². The van der Waals surface area contributed by atoms with Gasteiger partial charge in [-0.15, -0.1) is 0 Å². The lowest BCUT2D eigenvalue weighted by atomic mass is 9.84. The smallest absolute Gasteiger partial charge is 0.0558 e. The molecule has 0 radical (unpaired) electrons. The quantitative estimate of drug-likeness (QED) is 0.127. The number of hydrogen-bond acceptors (Lipinski definition) is 3. The minimum Gasteiger partial charge on any atom is -0.337 e. The minimum atomic E-state index is 0.0336. The van der Waals surface area contributed by atoms with Crippen molar-refractivity contribution in [2.24, 2.45) is 11.8 Å². The van der Waals surface area contributed by atoms with Crippen LogP contribution in [0.4, 0.5) is 45.5 Å². The van der Waals surface area contributed by atoms with Gasteiger partial charge in [0.1, 0.15) is 0 Å². The van der Waals surface area contributed by atoms with Crippen LogP contribution >= 0.6 is 15.9 Å². The van der Waals surface area contributed by atoms with Crippen LogP contribution in [-0.4, -0.2) is 6.04 Å². The maximum atomic E-state index is 4.26. The summed E-state index contributed by atoms with van der Waals surface area (Å²) in [6, 6.07) is 52.4. The van der Waals surface area contributed by atoms with E-state index in [0.717, 1.165) is 40.5 Å². The van der Waals surface area contributed by atoms with Crippen LogP contribution in [-0.2, 0) is 21.7 Å². The fraction of sp³-hybridized carbons (Fsp3) is 0.415. The molecule has 0 heterocycles. The standard InChI is InChI=1S/C65H78BrN3/c1-62(2,3)48-21-29-52(30-22-48)67(53-31-23-49(24-32-53)63(4,5)6)56-41-57(68(54-33-25-50(26-34-54)64(7,8)9)55-35-27-51(28-36-55)65(10,11)12)43-58(42-56)69(61-39-44-18-19-47(61)38-44)60-37-20-46(40-59(60)66)45-16-14-13-15-17-45/h18-37,40-45,47,61H,13-17,38-39H2,1-12H3. The van der Waals surface area contributed by atoms with Gasteiger partial charge in [-0.05, 0) is 188 Å². The molecule has 3 unspecified atom stereocenters. The van der Waals surface area contributed by atoms with E-state index in [4.69, 9.17) is 0 Å².